The van der Waals surface area contributed by atoms with Gasteiger partial charge in [0.15, 0.2) is 0 Å². The number of rotatable bonds is 1. The van der Waals surface area contributed by atoms with Crippen molar-refractivity contribution in [3.05, 3.63) is 71.3 Å². The molecule has 3 rings (SSSR count). The number of carbonyl (C=O) groups excluding carboxylic acids is 1. The summed E-state index contributed by atoms with van der Waals surface area (Å²) in [4.78, 5) is 11.7. The highest BCUT2D eigenvalue weighted by molar-refractivity contribution is 5.82. The van der Waals surface area contributed by atoms with Crippen LogP contribution in [0.3, 0.4) is 0 Å². The van der Waals surface area contributed by atoms with Crippen LogP contribution in [0.25, 0.3) is 0 Å². The lowest BCUT2D eigenvalue weighted by Gasteiger charge is -2.26. The van der Waals surface area contributed by atoms with E-state index in [9.17, 15) is 4.79 Å². The predicted molar refractivity (Wildman–Crippen MR) is 66.6 cm³/mol. The van der Waals surface area contributed by atoms with E-state index >= 15 is 0 Å². The molecular formula is C15H13NO. The van der Waals surface area contributed by atoms with Gasteiger partial charge in [0.1, 0.15) is 0 Å². The maximum Gasteiger partial charge on any atom is 0.225 e. The summed E-state index contributed by atoms with van der Waals surface area (Å²) in [6, 6.07) is 18.2. The van der Waals surface area contributed by atoms with Gasteiger partial charge in [-0.25, -0.2) is 0 Å². The van der Waals surface area contributed by atoms with E-state index in [-0.39, 0.29) is 11.9 Å². The van der Waals surface area contributed by atoms with Gasteiger partial charge in [-0.15, -0.1) is 0 Å². The van der Waals surface area contributed by atoms with Gasteiger partial charge in [0.05, 0.1) is 12.5 Å². The molecule has 1 heterocycles. The molecule has 0 fully saturated rings. The number of carbonyl (C=O) groups is 1. The molecule has 0 aliphatic carbocycles. The van der Waals surface area contributed by atoms with Crippen LogP contribution in [0.15, 0.2) is 54.6 Å². The van der Waals surface area contributed by atoms with Crippen LogP contribution in [0, 0.1) is 0 Å². The largest absolute Gasteiger partial charge is 0.345 e. The Morgan fingerprint density at radius 3 is 2.47 bits per heavy atom. The maximum atomic E-state index is 11.7. The molecule has 2 nitrogen and oxygen atoms in total. The van der Waals surface area contributed by atoms with Gasteiger partial charge in [-0.2, -0.15) is 0 Å². The van der Waals surface area contributed by atoms with Crippen LogP contribution in [0.5, 0.6) is 0 Å². The summed E-state index contributed by atoms with van der Waals surface area (Å²) in [7, 11) is 0. The number of fused-ring (bicyclic) bond motifs is 1. The van der Waals surface area contributed by atoms with Crippen LogP contribution in [0.2, 0.25) is 0 Å². The Balaban J connectivity index is 2.10. The lowest BCUT2D eigenvalue weighted by atomic mass is 9.90. The molecule has 1 N–H and O–H groups in total. The zero-order chi connectivity index (χ0) is 11.7. The molecular weight excluding hydrogens is 210 g/mol. The second-order valence-electron chi connectivity index (χ2n) is 4.29. The van der Waals surface area contributed by atoms with Gasteiger partial charge < -0.3 is 5.32 Å². The molecule has 0 bridgehead atoms. The topological polar surface area (TPSA) is 29.1 Å². The Morgan fingerprint density at radius 2 is 1.65 bits per heavy atom. The Kier molecular flexibility index (Phi) is 2.41. The summed E-state index contributed by atoms with van der Waals surface area (Å²) in [5, 5.41) is 3.05. The summed E-state index contributed by atoms with van der Waals surface area (Å²) in [6.07, 6.45) is 0.486. The molecule has 17 heavy (non-hydrogen) atoms. The minimum absolute atomic E-state index is 0.00588. The van der Waals surface area contributed by atoms with Crippen molar-refractivity contribution >= 4 is 5.91 Å². The van der Waals surface area contributed by atoms with Crippen molar-refractivity contribution in [1.29, 1.82) is 0 Å². The first-order valence-corrected chi connectivity index (χ1v) is 5.77. The smallest absolute Gasteiger partial charge is 0.225 e. The molecule has 0 saturated heterocycles. The zero-order valence-corrected chi connectivity index (χ0v) is 9.39. The Hall–Kier alpha value is -2.09. The predicted octanol–water partition coefficient (Wildman–Crippen LogP) is 2.45. The van der Waals surface area contributed by atoms with E-state index in [4.69, 9.17) is 0 Å². The van der Waals surface area contributed by atoms with Crippen LogP contribution >= 0.6 is 0 Å². The van der Waals surface area contributed by atoms with Crippen molar-refractivity contribution in [3.8, 4) is 0 Å². The van der Waals surface area contributed by atoms with Crippen molar-refractivity contribution in [3.63, 3.8) is 0 Å². The Morgan fingerprint density at radius 1 is 0.941 bits per heavy atom. The molecule has 0 aromatic heterocycles. The normalized spacial score (nSPS) is 18.4. The van der Waals surface area contributed by atoms with Crippen LogP contribution < -0.4 is 5.32 Å². The summed E-state index contributed by atoms with van der Waals surface area (Å²) in [6.45, 7) is 0. The molecule has 2 aromatic rings. The highest BCUT2D eigenvalue weighted by Gasteiger charge is 2.24. The van der Waals surface area contributed by atoms with E-state index in [1.165, 1.54) is 5.56 Å². The number of amides is 1. The van der Waals surface area contributed by atoms with Crippen molar-refractivity contribution in [2.45, 2.75) is 12.5 Å². The van der Waals surface area contributed by atoms with E-state index in [1.807, 2.05) is 48.5 Å². The molecule has 0 unspecified atom stereocenters. The summed E-state index contributed by atoms with van der Waals surface area (Å²) < 4.78 is 0. The lowest BCUT2D eigenvalue weighted by Crippen LogP contribution is -2.35. The highest BCUT2D eigenvalue weighted by atomic mass is 16.1. The second-order valence-corrected chi connectivity index (χ2v) is 4.29. The molecule has 0 spiro atoms. The minimum Gasteiger partial charge on any atom is -0.345 e. The molecule has 84 valence electrons. The number of hydrogen-bond acceptors (Lipinski definition) is 1. The van der Waals surface area contributed by atoms with E-state index < -0.39 is 0 Å². The third kappa shape index (κ3) is 1.82. The van der Waals surface area contributed by atoms with Gasteiger partial charge in [-0.1, -0.05) is 54.6 Å². The van der Waals surface area contributed by atoms with Gasteiger partial charge in [-0.05, 0) is 16.7 Å². The van der Waals surface area contributed by atoms with Crippen LogP contribution in [0.1, 0.15) is 22.7 Å². The van der Waals surface area contributed by atoms with Crippen molar-refractivity contribution in [2.75, 3.05) is 0 Å². The zero-order valence-electron chi connectivity index (χ0n) is 9.39. The first-order chi connectivity index (χ1) is 8.34. The van der Waals surface area contributed by atoms with Crippen molar-refractivity contribution < 1.29 is 4.79 Å². The van der Waals surface area contributed by atoms with Gasteiger partial charge >= 0.3 is 0 Å². The van der Waals surface area contributed by atoms with Crippen molar-refractivity contribution in [1.82, 2.24) is 5.32 Å². The lowest BCUT2D eigenvalue weighted by molar-refractivity contribution is -0.121. The first kappa shape index (κ1) is 10.1. The van der Waals surface area contributed by atoms with E-state index in [0.29, 0.717) is 6.42 Å². The summed E-state index contributed by atoms with van der Waals surface area (Å²) in [5.41, 5.74) is 3.47. The number of hydrogen-bond donors (Lipinski definition) is 1. The van der Waals surface area contributed by atoms with Gasteiger partial charge in [-0.3, -0.25) is 4.79 Å². The van der Waals surface area contributed by atoms with E-state index in [0.717, 1.165) is 11.1 Å². The standard InChI is InChI=1S/C15H13NO/c17-14-10-12-8-4-5-9-13(12)15(16-14)11-6-2-1-3-7-11/h1-9,15H,10H2,(H,16,17)/t15-/m0/s1. The SMILES string of the molecule is O=C1Cc2ccccc2[C@H](c2ccccc2)N1. The number of nitrogens with one attached hydrogen (secondary N) is 1. The number of benzene rings is 2. The third-order valence-corrected chi connectivity index (χ3v) is 3.16. The highest BCUT2D eigenvalue weighted by Crippen LogP contribution is 2.28. The van der Waals surface area contributed by atoms with Crippen LogP contribution in [-0.2, 0) is 11.2 Å². The summed E-state index contributed by atoms with van der Waals surface area (Å²) in [5.74, 6) is 0.0950. The average molecular weight is 223 g/mol. The summed E-state index contributed by atoms with van der Waals surface area (Å²) >= 11 is 0. The molecule has 0 saturated carbocycles. The average Bonchev–Trinajstić information content (AvgIpc) is 2.39. The molecule has 2 heteroatoms. The minimum atomic E-state index is -0.00588. The van der Waals surface area contributed by atoms with E-state index in [1.54, 1.807) is 0 Å². The molecule has 2 aromatic carbocycles. The van der Waals surface area contributed by atoms with Gasteiger partial charge in [0.25, 0.3) is 0 Å². The second kappa shape index (κ2) is 4.06. The first-order valence-electron chi connectivity index (χ1n) is 5.77. The maximum absolute atomic E-state index is 11.7. The third-order valence-electron chi connectivity index (χ3n) is 3.16. The Labute approximate surface area is 100 Å². The van der Waals surface area contributed by atoms with Gasteiger partial charge in [0, 0.05) is 0 Å². The van der Waals surface area contributed by atoms with Crippen molar-refractivity contribution in [2.24, 2.45) is 0 Å². The Bertz CT molecular complexity index is 548. The van der Waals surface area contributed by atoms with Crippen LogP contribution in [0.4, 0.5) is 0 Å². The molecule has 1 aliphatic rings. The fourth-order valence-corrected chi connectivity index (χ4v) is 2.35. The van der Waals surface area contributed by atoms with E-state index in [2.05, 4.69) is 11.4 Å². The molecule has 1 aliphatic heterocycles. The fraction of sp³-hybridized carbons (Fsp3) is 0.133. The molecule has 0 radical (unpaired) electrons. The monoisotopic (exact) mass is 223 g/mol. The molecule has 1 atom stereocenters. The quantitative estimate of drug-likeness (QED) is 0.790. The fourth-order valence-electron chi connectivity index (χ4n) is 2.35. The molecule has 1 amide bonds. The van der Waals surface area contributed by atoms with Gasteiger partial charge in [0.2, 0.25) is 5.91 Å². The van der Waals surface area contributed by atoms with Crippen LogP contribution in [-0.4, -0.2) is 5.91 Å².